The largest absolute Gasteiger partial charge is 0.464 e. The van der Waals surface area contributed by atoms with Crippen molar-refractivity contribution in [3.63, 3.8) is 0 Å². The number of carbonyl (C=O) groups is 1. The van der Waals surface area contributed by atoms with Crippen LogP contribution in [0.1, 0.15) is 28.7 Å². The van der Waals surface area contributed by atoms with Crippen molar-refractivity contribution in [2.24, 2.45) is 0 Å². The van der Waals surface area contributed by atoms with E-state index in [2.05, 4.69) is 27.7 Å². The number of methoxy groups -OCH3 is 1. The lowest BCUT2D eigenvalue weighted by molar-refractivity contribution is -0.966. The summed E-state index contributed by atoms with van der Waals surface area (Å²) in [5, 5.41) is 0. The average molecular weight is 372 g/mol. The van der Waals surface area contributed by atoms with E-state index in [9.17, 15) is 4.79 Å². The van der Waals surface area contributed by atoms with Crippen LogP contribution in [0.3, 0.4) is 0 Å². The predicted molar refractivity (Wildman–Crippen MR) is 101 cm³/mol. The van der Waals surface area contributed by atoms with Crippen LogP contribution in [0, 0.1) is 0 Å². The molecule has 0 spiro atoms. The van der Waals surface area contributed by atoms with E-state index in [4.69, 9.17) is 9.72 Å². The van der Waals surface area contributed by atoms with Crippen LogP contribution in [0.15, 0.2) is 12.1 Å². The zero-order valence-corrected chi connectivity index (χ0v) is 16.4. The first-order chi connectivity index (χ1) is 13.1. The molecule has 5 heterocycles. The van der Waals surface area contributed by atoms with Gasteiger partial charge in [-0.25, -0.2) is 14.7 Å². The number of rotatable bonds is 4. The van der Waals surface area contributed by atoms with Crippen molar-refractivity contribution in [2.75, 3.05) is 59.5 Å². The molecule has 3 atom stereocenters. The Kier molecular flexibility index (Phi) is 4.23. The Morgan fingerprint density at radius 2 is 1.78 bits per heavy atom. The minimum absolute atomic E-state index is 0.334. The van der Waals surface area contributed by atoms with Crippen LogP contribution in [0.4, 0.5) is 0 Å². The topological polar surface area (TPSA) is 48.9 Å². The minimum atomic E-state index is -0.334. The quantitative estimate of drug-likeness (QED) is 0.562. The van der Waals surface area contributed by atoms with Gasteiger partial charge in [-0.3, -0.25) is 14.3 Å². The highest BCUT2D eigenvalue weighted by Crippen LogP contribution is 2.40. The van der Waals surface area contributed by atoms with Gasteiger partial charge in [0.05, 0.1) is 32.4 Å². The first-order valence-electron chi connectivity index (χ1n) is 10.3. The first-order valence-corrected chi connectivity index (χ1v) is 10.3. The van der Waals surface area contributed by atoms with Crippen LogP contribution in [-0.2, 0) is 17.7 Å². The van der Waals surface area contributed by atoms with Crippen molar-refractivity contribution < 1.29 is 14.0 Å². The van der Waals surface area contributed by atoms with Crippen LogP contribution in [0.2, 0.25) is 0 Å². The second-order valence-electron chi connectivity index (χ2n) is 8.46. The summed E-state index contributed by atoms with van der Waals surface area (Å²) in [6, 6.07) is 4.08. The molecule has 1 aromatic rings. The summed E-state index contributed by atoms with van der Waals surface area (Å²) in [6.07, 6.45) is 2.01. The summed E-state index contributed by atoms with van der Waals surface area (Å²) >= 11 is 0. The molecular weight excluding hydrogens is 342 g/mol. The number of hydrogen-bond acceptors (Lipinski definition) is 6. The normalized spacial score (nSPS) is 33.3. The summed E-state index contributed by atoms with van der Waals surface area (Å²) in [5.74, 6) is -0.334. The maximum atomic E-state index is 12.1. The zero-order valence-electron chi connectivity index (χ0n) is 16.4. The Balaban J connectivity index is 1.49. The van der Waals surface area contributed by atoms with Crippen LogP contribution in [0.5, 0.6) is 0 Å². The molecule has 4 fully saturated rings. The molecule has 0 radical (unpaired) electrons. The molecule has 0 amide bonds. The Bertz CT molecular complexity index is 750. The van der Waals surface area contributed by atoms with Crippen LogP contribution >= 0.6 is 0 Å². The lowest BCUT2D eigenvalue weighted by Gasteiger charge is -2.54. The molecule has 4 aliphatic heterocycles. The Morgan fingerprint density at radius 3 is 2.48 bits per heavy atom. The number of piperazine rings is 2. The summed E-state index contributed by atoms with van der Waals surface area (Å²) in [7, 11) is 1.43. The summed E-state index contributed by atoms with van der Waals surface area (Å²) in [5.41, 5.74) is 2.66. The predicted octanol–water partition coefficient (Wildman–Crippen LogP) is 0.360. The second kappa shape index (κ2) is 6.51. The van der Waals surface area contributed by atoms with Gasteiger partial charge >= 0.3 is 5.97 Å². The van der Waals surface area contributed by atoms with E-state index in [0.29, 0.717) is 18.0 Å². The van der Waals surface area contributed by atoms with Gasteiger partial charge in [0.1, 0.15) is 18.4 Å². The third-order valence-electron chi connectivity index (χ3n) is 7.18. The number of aryl methyl sites for hydroxylation is 1. The SMILES string of the molecule is CCc1cc(C[N+]23CCN4CCN5CCN(CC2)C3C54)nc(C(=O)OC)c1. The maximum absolute atomic E-state index is 12.1. The third kappa shape index (κ3) is 2.71. The number of hydrogen-bond donors (Lipinski definition) is 0. The second-order valence-corrected chi connectivity index (χ2v) is 8.46. The fourth-order valence-electron chi connectivity index (χ4n) is 5.82. The molecule has 0 bridgehead atoms. The van der Waals surface area contributed by atoms with Crippen LogP contribution in [-0.4, -0.2) is 102 Å². The van der Waals surface area contributed by atoms with Gasteiger partial charge in [-0.2, -0.15) is 0 Å². The van der Waals surface area contributed by atoms with Gasteiger partial charge in [-0.05, 0) is 24.1 Å². The van der Waals surface area contributed by atoms with E-state index in [1.807, 2.05) is 6.07 Å². The molecule has 146 valence electrons. The lowest BCUT2D eigenvalue weighted by Crippen LogP contribution is -2.73. The number of quaternary nitrogens is 1. The molecule has 5 rings (SSSR count). The van der Waals surface area contributed by atoms with E-state index in [1.54, 1.807) is 0 Å². The van der Waals surface area contributed by atoms with Crippen molar-refractivity contribution in [1.29, 1.82) is 0 Å². The first kappa shape index (κ1) is 17.6. The number of pyridine rings is 1. The van der Waals surface area contributed by atoms with Gasteiger partial charge in [-0.15, -0.1) is 0 Å². The summed E-state index contributed by atoms with van der Waals surface area (Å²) < 4.78 is 6.03. The number of carbonyl (C=O) groups excluding carboxylic acids is 1. The molecule has 7 nitrogen and oxygen atoms in total. The summed E-state index contributed by atoms with van der Waals surface area (Å²) in [4.78, 5) is 24.9. The fourth-order valence-corrected chi connectivity index (χ4v) is 5.82. The number of nitrogens with zero attached hydrogens (tertiary/aromatic N) is 5. The van der Waals surface area contributed by atoms with Gasteiger partial charge < -0.3 is 4.74 Å². The van der Waals surface area contributed by atoms with E-state index >= 15 is 0 Å². The Hall–Kier alpha value is -1.54. The smallest absolute Gasteiger partial charge is 0.356 e. The monoisotopic (exact) mass is 372 g/mol. The molecule has 3 unspecified atom stereocenters. The highest BCUT2D eigenvalue weighted by atomic mass is 16.5. The van der Waals surface area contributed by atoms with Crippen molar-refractivity contribution in [2.45, 2.75) is 32.2 Å². The van der Waals surface area contributed by atoms with Crippen molar-refractivity contribution in [1.82, 2.24) is 19.7 Å². The van der Waals surface area contributed by atoms with Gasteiger partial charge in [-0.1, -0.05) is 6.92 Å². The molecule has 27 heavy (non-hydrogen) atoms. The average Bonchev–Trinajstić information content (AvgIpc) is 3.27. The zero-order chi connectivity index (χ0) is 18.6. The molecule has 0 saturated carbocycles. The fraction of sp³-hybridized carbons (Fsp3) is 0.700. The lowest BCUT2D eigenvalue weighted by atomic mass is 10.1. The number of aromatic nitrogens is 1. The molecule has 4 saturated heterocycles. The molecule has 0 N–H and O–H groups in total. The van der Waals surface area contributed by atoms with E-state index in [1.165, 1.54) is 65.0 Å². The summed E-state index contributed by atoms with van der Waals surface area (Å²) in [6.45, 7) is 12.6. The van der Waals surface area contributed by atoms with Crippen LogP contribution < -0.4 is 0 Å². The van der Waals surface area contributed by atoms with E-state index in [-0.39, 0.29) is 5.97 Å². The van der Waals surface area contributed by atoms with Gasteiger partial charge in [0, 0.05) is 32.7 Å². The molecule has 1 aromatic heterocycles. The molecular formula is C20H30N5O2+. The van der Waals surface area contributed by atoms with Crippen molar-refractivity contribution in [3.8, 4) is 0 Å². The van der Waals surface area contributed by atoms with Crippen molar-refractivity contribution >= 4 is 5.97 Å². The third-order valence-corrected chi connectivity index (χ3v) is 7.18. The molecule has 4 aliphatic rings. The minimum Gasteiger partial charge on any atom is -0.464 e. The van der Waals surface area contributed by atoms with Gasteiger partial charge in [0.2, 0.25) is 0 Å². The Labute approximate surface area is 161 Å². The van der Waals surface area contributed by atoms with E-state index < -0.39 is 0 Å². The van der Waals surface area contributed by atoms with Gasteiger partial charge in [0.15, 0.2) is 6.17 Å². The highest BCUT2D eigenvalue weighted by molar-refractivity contribution is 5.87. The van der Waals surface area contributed by atoms with Crippen LogP contribution in [0.25, 0.3) is 0 Å². The molecule has 7 heteroatoms. The molecule has 0 aromatic carbocycles. The number of esters is 1. The number of ether oxygens (including phenoxy) is 1. The van der Waals surface area contributed by atoms with E-state index in [0.717, 1.165) is 23.1 Å². The molecule has 0 aliphatic carbocycles. The van der Waals surface area contributed by atoms with Crippen molar-refractivity contribution in [3.05, 3.63) is 29.1 Å². The maximum Gasteiger partial charge on any atom is 0.356 e. The van der Waals surface area contributed by atoms with Gasteiger partial charge in [0.25, 0.3) is 0 Å². The Morgan fingerprint density at radius 1 is 1.11 bits per heavy atom. The highest BCUT2D eigenvalue weighted by Gasteiger charge is 2.60. The standard InChI is InChI=1S/C20H30N5O2/c1-3-15-12-16(21-17(13-15)20(26)27-2)14-25-10-8-23-5-4-22-6-7-24(9-11-25)19(25)18(22)23/h12-13,18-19H,3-11,14H2,1-2H3/q+1.